The predicted octanol–water partition coefficient (Wildman–Crippen LogP) is 2.53. The van der Waals surface area contributed by atoms with E-state index in [4.69, 9.17) is 0 Å². The summed E-state index contributed by atoms with van der Waals surface area (Å²) in [7, 11) is 2.14. The van der Waals surface area contributed by atoms with E-state index in [2.05, 4.69) is 43.2 Å². The van der Waals surface area contributed by atoms with Crippen LogP contribution in [0.15, 0.2) is 42.9 Å². The van der Waals surface area contributed by atoms with Gasteiger partial charge in [0.25, 0.3) is 0 Å². The SMILES string of the molecule is CN1CCN(c2ncccc2CNc2ncnc3ccc(F)cc23)CC1. The van der Waals surface area contributed by atoms with Crippen LogP contribution in [0.1, 0.15) is 5.56 Å². The molecule has 0 radical (unpaired) electrons. The van der Waals surface area contributed by atoms with Crippen LogP contribution in [-0.2, 0) is 6.54 Å². The number of hydrogen-bond donors (Lipinski definition) is 1. The minimum atomic E-state index is -0.296. The van der Waals surface area contributed by atoms with Gasteiger partial charge in [-0.3, -0.25) is 0 Å². The minimum Gasteiger partial charge on any atom is -0.365 e. The third kappa shape index (κ3) is 3.43. The fraction of sp³-hybridized carbons (Fsp3) is 0.316. The normalized spacial score (nSPS) is 15.4. The summed E-state index contributed by atoms with van der Waals surface area (Å²) in [5.74, 6) is 1.33. The number of piperazine rings is 1. The van der Waals surface area contributed by atoms with Gasteiger partial charge in [0, 0.05) is 49.9 Å². The molecule has 134 valence electrons. The zero-order valence-electron chi connectivity index (χ0n) is 14.7. The number of halogens is 1. The molecule has 7 heteroatoms. The molecule has 6 nitrogen and oxygen atoms in total. The Balaban J connectivity index is 1.57. The molecule has 0 unspecified atom stereocenters. The fourth-order valence-electron chi connectivity index (χ4n) is 3.22. The second kappa shape index (κ2) is 7.21. The smallest absolute Gasteiger partial charge is 0.137 e. The first-order valence-electron chi connectivity index (χ1n) is 8.72. The van der Waals surface area contributed by atoms with E-state index >= 15 is 0 Å². The van der Waals surface area contributed by atoms with Crippen molar-refractivity contribution >= 4 is 22.5 Å². The quantitative estimate of drug-likeness (QED) is 0.779. The molecule has 0 spiro atoms. The molecule has 0 atom stereocenters. The Bertz CT molecular complexity index is 907. The Morgan fingerprint density at radius 2 is 1.92 bits per heavy atom. The van der Waals surface area contributed by atoms with Gasteiger partial charge in [-0.05, 0) is 31.3 Å². The Morgan fingerprint density at radius 1 is 1.08 bits per heavy atom. The van der Waals surface area contributed by atoms with E-state index < -0.39 is 0 Å². The second-order valence-corrected chi connectivity index (χ2v) is 6.51. The minimum absolute atomic E-state index is 0.296. The predicted molar refractivity (Wildman–Crippen MR) is 101 cm³/mol. The third-order valence-corrected chi connectivity index (χ3v) is 4.71. The van der Waals surface area contributed by atoms with Crippen LogP contribution in [-0.4, -0.2) is 53.1 Å². The number of pyridine rings is 1. The van der Waals surface area contributed by atoms with E-state index in [9.17, 15) is 4.39 Å². The molecule has 0 aliphatic carbocycles. The molecule has 1 aliphatic rings. The van der Waals surface area contributed by atoms with Gasteiger partial charge >= 0.3 is 0 Å². The largest absolute Gasteiger partial charge is 0.365 e. The van der Waals surface area contributed by atoms with Gasteiger partial charge < -0.3 is 15.1 Å². The van der Waals surface area contributed by atoms with Crippen molar-refractivity contribution < 1.29 is 4.39 Å². The molecular weight excluding hydrogens is 331 g/mol. The standard InChI is InChI=1S/C19H21FN6/c1-25-7-9-26(10-8-25)19-14(3-2-6-21-19)12-22-18-16-11-15(20)4-5-17(16)23-13-24-18/h2-6,11,13H,7-10,12H2,1H3,(H,22,23,24). The molecule has 1 aliphatic heterocycles. The van der Waals surface area contributed by atoms with Crippen molar-refractivity contribution in [3.63, 3.8) is 0 Å². The molecule has 1 N–H and O–H groups in total. The summed E-state index contributed by atoms with van der Waals surface area (Å²) in [4.78, 5) is 17.7. The lowest BCUT2D eigenvalue weighted by molar-refractivity contribution is 0.312. The molecule has 1 aromatic carbocycles. The second-order valence-electron chi connectivity index (χ2n) is 6.51. The van der Waals surface area contributed by atoms with Gasteiger partial charge in [-0.25, -0.2) is 19.3 Å². The molecule has 1 saturated heterocycles. The number of nitrogens with zero attached hydrogens (tertiary/aromatic N) is 5. The number of benzene rings is 1. The first-order valence-corrected chi connectivity index (χ1v) is 8.72. The highest BCUT2D eigenvalue weighted by Gasteiger charge is 2.18. The van der Waals surface area contributed by atoms with Crippen molar-refractivity contribution in [1.82, 2.24) is 19.9 Å². The Kier molecular flexibility index (Phi) is 4.62. The lowest BCUT2D eigenvalue weighted by Crippen LogP contribution is -2.45. The Morgan fingerprint density at radius 3 is 2.77 bits per heavy atom. The van der Waals surface area contributed by atoms with E-state index in [1.165, 1.54) is 18.5 Å². The Labute approximate surface area is 151 Å². The monoisotopic (exact) mass is 352 g/mol. The number of anilines is 2. The molecule has 26 heavy (non-hydrogen) atoms. The van der Waals surface area contributed by atoms with Crippen molar-refractivity contribution in [2.75, 3.05) is 43.4 Å². The molecule has 4 rings (SSSR count). The van der Waals surface area contributed by atoms with Crippen LogP contribution in [0, 0.1) is 5.82 Å². The van der Waals surface area contributed by atoms with Crippen LogP contribution < -0.4 is 10.2 Å². The number of hydrogen-bond acceptors (Lipinski definition) is 6. The fourth-order valence-corrected chi connectivity index (χ4v) is 3.22. The van der Waals surface area contributed by atoms with E-state index in [-0.39, 0.29) is 5.82 Å². The molecule has 0 saturated carbocycles. The zero-order chi connectivity index (χ0) is 17.9. The average molecular weight is 352 g/mol. The summed E-state index contributed by atoms with van der Waals surface area (Å²) < 4.78 is 13.6. The lowest BCUT2D eigenvalue weighted by Gasteiger charge is -2.34. The maximum absolute atomic E-state index is 13.6. The lowest BCUT2D eigenvalue weighted by atomic mass is 10.2. The first-order chi connectivity index (χ1) is 12.7. The van der Waals surface area contributed by atoms with Crippen LogP contribution in [0.3, 0.4) is 0 Å². The van der Waals surface area contributed by atoms with E-state index in [1.807, 2.05) is 12.3 Å². The van der Waals surface area contributed by atoms with Crippen molar-refractivity contribution in [3.05, 3.63) is 54.2 Å². The van der Waals surface area contributed by atoms with Crippen molar-refractivity contribution in [2.45, 2.75) is 6.54 Å². The van der Waals surface area contributed by atoms with Crippen molar-refractivity contribution in [2.24, 2.45) is 0 Å². The van der Waals surface area contributed by atoms with Gasteiger partial charge in [0.05, 0.1) is 5.52 Å². The van der Waals surface area contributed by atoms with Gasteiger partial charge in [0.1, 0.15) is 23.8 Å². The van der Waals surface area contributed by atoms with E-state index in [1.54, 1.807) is 6.07 Å². The summed E-state index contributed by atoms with van der Waals surface area (Å²) in [5, 5.41) is 4.00. The molecule has 1 fully saturated rings. The third-order valence-electron chi connectivity index (χ3n) is 4.71. The van der Waals surface area contributed by atoms with Gasteiger partial charge in [-0.2, -0.15) is 0 Å². The summed E-state index contributed by atoms with van der Waals surface area (Å²) in [6, 6.07) is 8.54. The van der Waals surface area contributed by atoms with Crippen LogP contribution in [0.4, 0.5) is 16.0 Å². The van der Waals surface area contributed by atoms with Gasteiger partial charge in [0.15, 0.2) is 0 Å². The highest BCUT2D eigenvalue weighted by atomic mass is 19.1. The maximum Gasteiger partial charge on any atom is 0.137 e. The number of nitrogens with one attached hydrogen (secondary N) is 1. The first kappa shape index (κ1) is 16.7. The highest BCUT2D eigenvalue weighted by Crippen LogP contribution is 2.23. The molecular formula is C19H21FN6. The average Bonchev–Trinajstić information content (AvgIpc) is 2.67. The molecule has 3 aromatic rings. The number of rotatable bonds is 4. The van der Waals surface area contributed by atoms with Crippen LogP contribution in [0.2, 0.25) is 0 Å². The van der Waals surface area contributed by atoms with Crippen LogP contribution in [0.5, 0.6) is 0 Å². The highest BCUT2D eigenvalue weighted by molar-refractivity contribution is 5.88. The summed E-state index contributed by atoms with van der Waals surface area (Å²) in [6.07, 6.45) is 3.32. The van der Waals surface area contributed by atoms with E-state index in [0.717, 1.165) is 43.1 Å². The van der Waals surface area contributed by atoms with Crippen LogP contribution >= 0.6 is 0 Å². The van der Waals surface area contributed by atoms with Crippen molar-refractivity contribution in [3.8, 4) is 0 Å². The number of likely N-dealkylation sites (N-methyl/N-ethyl adjacent to an activating group) is 1. The number of fused-ring (bicyclic) bond motifs is 1. The van der Waals surface area contributed by atoms with Crippen LogP contribution in [0.25, 0.3) is 10.9 Å². The topological polar surface area (TPSA) is 57.2 Å². The number of aromatic nitrogens is 3. The van der Waals surface area contributed by atoms with Gasteiger partial charge in [-0.15, -0.1) is 0 Å². The molecule has 0 bridgehead atoms. The summed E-state index contributed by atoms with van der Waals surface area (Å²) in [6.45, 7) is 4.54. The van der Waals surface area contributed by atoms with Gasteiger partial charge in [0.2, 0.25) is 0 Å². The molecule has 0 amide bonds. The Hall–Kier alpha value is -2.80. The maximum atomic E-state index is 13.6. The zero-order valence-corrected chi connectivity index (χ0v) is 14.7. The summed E-state index contributed by atoms with van der Waals surface area (Å²) >= 11 is 0. The van der Waals surface area contributed by atoms with E-state index in [0.29, 0.717) is 17.7 Å². The molecule has 2 aromatic heterocycles. The molecule has 3 heterocycles. The van der Waals surface area contributed by atoms with Gasteiger partial charge in [-0.1, -0.05) is 6.07 Å². The van der Waals surface area contributed by atoms with Crippen molar-refractivity contribution in [1.29, 1.82) is 0 Å². The summed E-state index contributed by atoms with van der Waals surface area (Å²) in [5.41, 5.74) is 1.81.